The van der Waals surface area contributed by atoms with Crippen molar-refractivity contribution in [1.82, 2.24) is 9.91 Å². The summed E-state index contributed by atoms with van der Waals surface area (Å²) in [5.41, 5.74) is 0.321. The smallest absolute Gasteiger partial charge is 0.354 e. The zero-order valence-electron chi connectivity index (χ0n) is 14.3. The van der Waals surface area contributed by atoms with E-state index >= 15 is 0 Å². The number of hydrogen-bond acceptors (Lipinski definition) is 6. The van der Waals surface area contributed by atoms with Crippen LogP contribution in [0.4, 0.5) is 0 Å². The molecule has 2 aliphatic rings. The molecule has 130 valence electrons. The highest BCUT2D eigenvalue weighted by molar-refractivity contribution is 6.37. The third-order valence-electron chi connectivity index (χ3n) is 3.89. The Morgan fingerprint density at radius 1 is 1.43 bits per heavy atom. The Hall–Kier alpha value is -1.47. The number of ether oxygens (including phenoxy) is 2. The first-order valence-electron chi connectivity index (χ1n) is 8.38. The van der Waals surface area contributed by atoms with E-state index in [0.29, 0.717) is 37.6 Å². The molecule has 1 fully saturated rings. The average Bonchev–Trinajstić information content (AvgIpc) is 2.53. The van der Waals surface area contributed by atoms with E-state index in [4.69, 9.17) is 9.47 Å². The molecule has 2 aliphatic heterocycles. The van der Waals surface area contributed by atoms with Crippen LogP contribution in [-0.2, 0) is 19.1 Å². The zero-order valence-corrected chi connectivity index (χ0v) is 14.3. The van der Waals surface area contributed by atoms with Gasteiger partial charge in [-0.3, -0.25) is 9.69 Å². The SMILES string of the molecule is CCN1N=C(C(=O)OCC2CN(CC(C)C)CCO2)CCC1=O. The molecule has 2 rings (SSSR count). The highest BCUT2D eigenvalue weighted by atomic mass is 16.6. The minimum atomic E-state index is -0.444. The van der Waals surface area contributed by atoms with Crippen molar-refractivity contribution in [3.8, 4) is 0 Å². The largest absolute Gasteiger partial charge is 0.458 e. The Kier molecular flexibility index (Phi) is 6.53. The van der Waals surface area contributed by atoms with Gasteiger partial charge in [0.25, 0.3) is 0 Å². The lowest BCUT2D eigenvalue weighted by Gasteiger charge is -2.33. The molecule has 0 saturated carbocycles. The summed E-state index contributed by atoms with van der Waals surface area (Å²) in [6, 6.07) is 0. The van der Waals surface area contributed by atoms with Crippen LogP contribution in [0.3, 0.4) is 0 Å². The van der Waals surface area contributed by atoms with E-state index < -0.39 is 5.97 Å². The quantitative estimate of drug-likeness (QED) is 0.678. The minimum Gasteiger partial charge on any atom is -0.458 e. The number of nitrogens with zero attached hydrogens (tertiary/aromatic N) is 3. The molecule has 1 amide bonds. The van der Waals surface area contributed by atoms with Gasteiger partial charge in [-0.2, -0.15) is 5.10 Å². The van der Waals surface area contributed by atoms with Crippen LogP contribution >= 0.6 is 0 Å². The number of carbonyl (C=O) groups is 2. The number of morpholine rings is 1. The van der Waals surface area contributed by atoms with E-state index in [1.165, 1.54) is 5.01 Å². The molecule has 0 aromatic heterocycles. The number of amides is 1. The lowest BCUT2D eigenvalue weighted by Crippen LogP contribution is -2.46. The molecule has 0 aliphatic carbocycles. The van der Waals surface area contributed by atoms with Crippen LogP contribution < -0.4 is 0 Å². The fourth-order valence-corrected chi connectivity index (χ4v) is 2.81. The lowest BCUT2D eigenvalue weighted by atomic mass is 10.1. The van der Waals surface area contributed by atoms with Gasteiger partial charge in [0, 0.05) is 39.0 Å². The Bertz CT molecular complexity index is 464. The molecule has 1 unspecified atom stereocenters. The number of hydrogen-bond donors (Lipinski definition) is 0. The van der Waals surface area contributed by atoms with Gasteiger partial charge >= 0.3 is 5.97 Å². The van der Waals surface area contributed by atoms with Crippen LogP contribution in [-0.4, -0.2) is 73.0 Å². The molecule has 1 saturated heterocycles. The van der Waals surface area contributed by atoms with Gasteiger partial charge in [-0.05, 0) is 12.8 Å². The zero-order chi connectivity index (χ0) is 16.8. The van der Waals surface area contributed by atoms with Gasteiger partial charge in [0.1, 0.15) is 18.4 Å². The van der Waals surface area contributed by atoms with Crippen molar-refractivity contribution >= 4 is 17.6 Å². The summed E-state index contributed by atoms with van der Waals surface area (Å²) in [6.07, 6.45) is 0.558. The van der Waals surface area contributed by atoms with E-state index in [2.05, 4.69) is 23.8 Å². The molecule has 7 nitrogen and oxygen atoms in total. The van der Waals surface area contributed by atoms with Gasteiger partial charge in [-0.15, -0.1) is 0 Å². The minimum absolute atomic E-state index is 0.0519. The molecule has 23 heavy (non-hydrogen) atoms. The maximum atomic E-state index is 12.1. The highest BCUT2D eigenvalue weighted by Crippen LogP contribution is 2.12. The van der Waals surface area contributed by atoms with Crippen molar-refractivity contribution in [1.29, 1.82) is 0 Å². The molecule has 7 heteroatoms. The van der Waals surface area contributed by atoms with Crippen molar-refractivity contribution in [3.63, 3.8) is 0 Å². The highest BCUT2D eigenvalue weighted by Gasteiger charge is 2.26. The van der Waals surface area contributed by atoms with Crippen molar-refractivity contribution in [2.45, 2.75) is 39.7 Å². The second kappa shape index (κ2) is 8.40. The van der Waals surface area contributed by atoms with Gasteiger partial charge in [-0.25, -0.2) is 9.80 Å². The van der Waals surface area contributed by atoms with Crippen LogP contribution in [0, 0.1) is 5.92 Å². The number of hydrazone groups is 1. The van der Waals surface area contributed by atoms with E-state index in [-0.39, 0.29) is 18.6 Å². The number of carbonyl (C=O) groups excluding carboxylic acids is 2. The third kappa shape index (κ3) is 5.28. The molecule has 0 bridgehead atoms. The molecule has 1 atom stereocenters. The van der Waals surface area contributed by atoms with E-state index in [1.54, 1.807) is 0 Å². The predicted octanol–water partition coefficient (Wildman–Crippen LogP) is 0.885. The Morgan fingerprint density at radius 3 is 2.91 bits per heavy atom. The van der Waals surface area contributed by atoms with E-state index in [0.717, 1.165) is 19.6 Å². The van der Waals surface area contributed by atoms with Crippen LogP contribution in [0.25, 0.3) is 0 Å². The van der Waals surface area contributed by atoms with E-state index in [9.17, 15) is 9.59 Å². The molecule has 0 aromatic rings. The standard InChI is InChI=1S/C16H27N3O4/c1-4-19-15(20)6-5-14(17-19)16(21)23-11-13-10-18(7-8-22-13)9-12(2)3/h12-13H,4-11H2,1-3H3. The Balaban J connectivity index is 1.81. The average molecular weight is 325 g/mol. The van der Waals surface area contributed by atoms with Crippen LogP contribution in [0.2, 0.25) is 0 Å². The summed E-state index contributed by atoms with van der Waals surface area (Å²) in [7, 11) is 0. The molecule has 0 aromatic carbocycles. The first-order chi connectivity index (χ1) is 11.0. The van der Waals surface area contributed by atoms with Crippen molar-refractivity contribution in [3.05, 3.63) is 0 Å². The maximum Gasteiger partial charge on any atom is 0.354 e. The monoisotopic (exact) mass is 325 g/mol. The number of rotatable bonds is 6. The molecule has 0 N–H and O–H groups in total. The first-order valence-corrected chi connectivity index (χ1v) is 8.38. The van der Waals surface area contributed by atoms with Crippen molar-refractivity contribution in [2.75, 3.05) is 39.4 Å². The third-order valence-corrected chi connectivity index (χ3v) is 3.89. The van der Waals surface area contributed by atoms with Crippen LogP contribution in [0.5, 0.6) is 0 Å². The molecule has 2 heterocycles. The summed E-state index contributed by atoms with van der Waals surface area (Å²) in [5, 5.41) is 5.39. The topological polar surface area (TPSA) is 71.4 Å². The van der Waals surface area contributed by atoms with Crippen molar-refractivity contribution in [2.24, 2.45) is 11.0 Å². The fourth-order valence-electron chi connectivity index (χ4n) is 2.81. The van der Waals surface area contributed by atoms with Gasteiger partial charge in [-0.1, -0.05) is 13.8 Å². The van der Waals surface area contributed by atoms with Gasteiger partial charge in [0.2, 0.25) is 5.91 Å². The second-order valence-corrected chi connectivity index (χ2v) is 6.40. The molecule has 0 spiro atoms. The summed E-state index contributed by atoms with van der Waals surface area (Å²) < 4.78 is 11.0. The van der Waals surface area contributed by atoms with Crippen LogP contribution in [0.15, 0.2) is 5.10 Å². The normalized spacial score (nSPS) is 23.1. The van der Waals surface area contributed by atoms with Crippen LogP contribution in [0.1, 0.15) is 33.6 Å². The molecular weight excluding hydrogens is 298 g/mol. The molecular formula is C16H27N3O4. The Labute approximate surface area is 137 Å². The summed E-state index contributed by atoms with van der Waals surface area (Å²) >= 11 is 0. The maximum absolute atomic E-state index is 12.1. The summed E-state index contributed by atoms with van der Waals surface area (Å²) in [5.74, 6) is 0.106. The Morgan fingerprint density at radius 2 is 2.22 bits per heavy atom. The molecule has 0 radical (unpaired) electrons. The van der Waals surface area contributed by atoms with Gasteiger partial charge in [0.15, 0.2) is 0 Å². The van der Waals surface area contributed by atoms with Gasteiger partial charge < -0.3 is 9.47 Å². The summed E-state index contributed by atoms with van der Waals surface area (Å²) in [4.78, 5) is 26.0. The first kappa shape index (κ1) is 17.9. The predicted molar refractivity (Wildman–Crippen MR) is 86.0 cm³/mol. The van der Waals surface area contributed by atoms with E-state index in [1.807, 2.05) is 6.92 Å². The second-order valence-electron chi connectivity index (χ2n) is 6.40. The summed E-state index contributed by atoms with van der Waals surface area (Å²) in [6.45, 7) is 10.3. The van der Waals surface area contributed by atoms with Crippen molar-refractivity contribution < 1.29 is 19.1 Å². The fraction of sp³-hybridized carbons (Fsp3) is 0.812. The lowest BCUT2D eigenvalue weighted by molar-refractivity contribution is -0.143. The number of esters is 1. The van der Waals surface area contributed by atoms with Gasteiger partial charge in [0.05, 0.1) is 6.61 Å².